The predicted molar refractivity (Wildman–Crippen MR) is 111 cm³/mol. The summed E-state index contributed by atoms with van der Waals surface area (Å²) in [6.45, 7) is 0.426. The minimum absolute atomic E-state index is 0.186. The van der Waals surface area contributed by atoms with Gasteiger partial charge in [-0.2, -0.15) is 0 Å². The zero-order valence-corrected chi connectivity index (χ0v) is 15.9. The van der Waals surface area contributed by atoms with Crippen molar-refractivity contribution in [3.63, 3.8) is 0 Å². The van der Waals surface area contributed by atoms with Gasteiger partial charge in [-0.05, 0) is 47.2 Å². The number of rotatable bonds is 5. The van der Waals surface area contributed by atoms with Gasteiger partial charge in [-0.3, -0.25) is 4.79 Å². The number of anilines is 1. The number of benzene rings is 3. The molecule has 0 bridgehead atoms. The monoisotopic (exact) mass is 387 g/mol. The van der Waals surface area contributed by atoms with Gasteiger partial charge in [0.05, 0.1) is 18.4 Å². The fourth-order valence-corrected chi connectivity index (χ4v) is 3.16. The standard InChI is InChI=1S/C24H19FN2O2/c1-29-22-9-8-17-14-19(7-6-18(17)15-22)24(28)26-21-10-12-27(13-11-21)16-20-4-2-3-5-23(20)25/h2-15H,16H2,1H3/p+1. The number of aromatic nitrogens is 1. The molecule has 0 saturated heterocycles. The van der Waals surface area contributed by atoms with E-state index in [0.717, 1.165) is 16.5 Å². The van der Waals surface area contributed by atoms with Crippen molar-refractivity contribution >= 4 is 22.4 Å². The first-order valence-corrected chi connectivity index (χ1v) is 9.24. The molecule has 144 valence electrons. The van der Waals surface area contributed by atoms with Gasteiger partial charge in [0, 0.05) is 17.7 Å². The number of hydrogen-bond donors (Lipinski definition) is 1. The molecule has 0 spiro atoms. The minimum Gasteiger partial charge on any atom is -0.497 e. The Morgan fingerprint density at radius 1 is 0.966 bits per heavy atom. The molecule has 0 saturated carbocycles. The number of carbonyl (C=O) groups excluding carboxylic acids is 1. The van der Waals surface area contributed by atoms with Gasteiger partial charge in [0.1, 0.15) is 11.6 Å². The molecular formula is C24H20FN2O2+. The Morgan fingerprint density at radius 2 is 1.69 bits per heavy atom. The lowest BCUT2D eigenvalue weighted by molar-refractivity contribution is -0.688. The number of hydrogen-bond acceptors (Lipinski definition) is 2. The fourth-order valence-electron chi connectivity index (χ4n) is 3.16. The second-order valence-electron chi connectivity index (χ2n) is 6.73. The van der Waals surface area contributed by atoms with Crippen LogP contribution in [-0.2, 0) is 6.54 Å². The van der Waals surface area contributed by atoms with E-state index < -0.39 is 0 Å². The van der Waals surface area contributed by atoms with Crippen molar-refractivity contribution in [3.8, 4) is 5.75 Å². The maximum Gasteiger partial charge on any atom is 0.255 e. The number of amides is 1. The van der Waals surface area contributed by atoms with Gasteiger partial charge in [-0.25, -0.2) is 8.96 Å². The third-order valence-corrected chi connectivity index (χ3v) is 4.77. The second kappa shape index (κ2) is 8.10. The van der Waals surface area contributed by atoms with Crippen LogP contribution < -0.4 is 14.6 Å². The molecule has 0 aliphatic carbocycles. The van der Waals surface area contributed by atoms with Crippen LogP contribution in [0.15, 0.2) is 85.2 Å². The highest BCUT2D eigenvalue weighted by Gasteiger charge is 2.10. The first kappa shape index (κ1) is 18.6. The van der Waals surface area contributed by atoms with Crippen LogP contribution in [0.5, 0.6) is 5.75 Å². The molecule has 3 aromatic carbocycles. The van der Waals surface area contributed by atoms with Gasteiger partial charge < -0.3 is 10.1 Å². The van der Waals surface area contributed by atoms with Crippen LogP contribution in [0.1, 0.15) is 15.9 Å². The number of carbonyl (C=O) groups is 1. The van der Waals surface area contributed by atoms with E-state index in [0.29, 0.717) is 23.4 Å². The first-order chi connectivity index (χ1) is 14.1. The Balaban J connectivity index is 1.47. The largest absolute Gasteiger partial charge is 0.497 e. The lowest BCUT2D eigenvalue weighted by Crippen LogP contribution is -2.33. The van der Waals surface area contributed by atoms with Gasteiger partial charge in [0.15, 0.2) is 18.9 Å². The van der Waals surface area contributed by atoms with E-state index in [2.05, 4.69) is 5.32 Å². The van der Waals surface area contributed by atoms with Gasteiger partial charge in [0.2, 0.25) is 0 Å². The Hall–Kier alpha value is -3.73. The zero-order chi connectivity index (χ0) is 20.2. The van der Waals surface area contributed by atoms with E-state index in [9.17, 15) is 9.18 Å². The fraction of sp³-hybridized carbons (Fsp3) is 0.0833. The van der Waals surface area contributed by atoms with Crippen molar-refractivity contribution < 1.29 is 18.5 Å². The molecule has 0 aliphatic heterocycles. The van der Waals surface area contributed by atoms with E-state index >= 15 is 0 Å². The highest BCUT2D eigenvalue weighted by molar-refractivity contribution is 6.06. The van der Waals surface area contributed by atoms with Crippen molar-refractivity contribution in [2.45, 2.75) is 6.54 Å². The summed E-state index contributed by atoms with van der Waals surface area (Å²) < 4.78 is 20.9. The van der Waals surface area contributed by atoms with Crippen LogP contribution in [0.4, 0.5) is 10.1 Å². The highest BCUT2D eigenvalue weighted by atomic mass is 19.1. The Bertz CT molecular complexity index is 1170. The van der Waals surface area contributed by atoms with E-state index in [1.54, 1.807) is 37.4 Å². The summed E-state index contributed by atoms with van der Waals surface area (Å²) in [4.78, 5) is 12.6. The molecule has 0 aliphatic rings. The number of nitrogens with one attached hydrogen (secondary N) is 1. The molecule has 5 heteroatoms. The van der Waals surface area contributed by atoms with Crippen molar-refractivity contribution in [2.75, 3.05) is 12.4 Å². The minimum atomic E-state index is -0.230. The van der Waals surface area contributed by atoms with Gasteiger partial charge in [-0.1, -0.05) is 24.3 Å². The quantitative estimate of drug-likeness (QED) is 0.510. The van der Waals surface area contributed by atoms with E-state index in [1.165, 1.54) is 6.07 Å². The molecule has 1 N–H and O–H groups in total. The normalized spacial score (nSPS) is 10.7. The number of ether oxygens (including phenoxy) is 1. The topological polar surface area (TPSA) is 42.2 Å². The third kappa shape index (κ3) is 4.24. The molecule has 4 aromatic rings. The van der Waals surface area contributed by atoms with Gasteiger partial charge in [-0.15, -0.1) is 0 Å². The molecule has 4 nitrogen and oxygen atoms in total. The second-order valence-corrected chi connectivity index (χ2v) is 6.73. The van der Waals surface area contributed by atoms with Gasteiger partial charge in [0.25, 0.3) is 5.91 Å². The molecule has 1 amide bonds. The molecule has 0 fully saturated rings. The lowest BCUT2D eigenvalue weighted by atomic mass is 10.1. The molecule has 0 unspecified atom stereocenters. The number of nitrogens with zero attached hydrogens (tertiary/aromatic N) is 1. The summed E-state index contributed by atoms with van der Waals surface area (Å²) in [7, 11) is 1.63. The van der Waals surface area contributed by atoms with Crippen LogP contribution in [0.25, 0.3) is 10.8 Å². The first-order valence-electron chi connectivity index (χ1n) is 9.24. The number of pyridine rings is 1. The summed E-state index contributed by atoms with van der Waals surface area (Å²) in [5.41, 5.74) is 1.86. The van der Waals surface area contributed by atoms with Crippen molar-refractivity contribution in [1.82, 2.24) is 0 Å². The summed E-state index contributed by atoms with van der Waals surface area (Å²) in [5.74, 6) is 0.364. The van der Waals surface area contributed by atoms with E-state index in [-0.39, 0.29) is 11.7 Å². The SMILES string of the molecule is COc1ccc2cc(C(=O)Nc3cc[n+](Cc4ccccc4F)cc3)ccc2c1. The van der Waals surface area contributed by atoms with Crippen LogP contribution in [0.3, 0.4) is 0 Å². The Morgan fingerprint density at radius 3 is 2.45 bits per heavy atom. The molecule has 29 heavy (non-hydrogen) atoms. The molecule has 4 rings (SSSR count). The molecular weight excluding hydrogens is 367 g/mol. The average molecular weight is 387 g/mol. The summed E-state index contributed by atoms with van der Waals surface area (Å²) in [6.07, 6.45) is 3.63. The van der Waals surface area contributed by atoms with Crippen LogP contribution >= 0.6 is 0 Å². The summed E-state index contributed by atoms with van der Waals surface area (Å²) in [5, 5.41) is 4.87. The molecule has 0 atom stereocenters. The van der Waals surface area contributed by atoms with Crippen molar-refractivity contribution in [2.24, 2.45) is 0 Å². The number of methoxy groups -OCH3 is 1. The maximum atomic E-state index is 13.8. The zero-order valence-electron chi connectivity index (χ0n) is 15.9. The Labute approximate surface area is 168 Å². The number of halogens is 1. The smallest absolute Gasteiger partial charge is 0.255 e. The summed E-state index contributed by atoms with van der Waals surface area (Å²) >= 11 is 0. The van der Waals surface area contributed by atoms with Crippen LogP contribution in [0.2, 0.25) is 0 Å². The molecule has 0 radical (unpaired) electrons. The summed E-state index contributed by atoms with van der Waals surface area (Å²) in [6, 6.07) is 21.6. The number of fused-ring (bicyclic) bond motifs is 1. The van der Waals surface area contributed by atoms with Gasteiger partial charge >= 0.3 is 0 Å². The molecule has 1 aromatic heterocycles. The van der Waals surface area contributed by atoms with E-state index in [4.69, 9.17) is 4.74 Å². The third-order valence-electron chi connectivity index (χ3n) is 4.77. The van der Waals surface area contributed by atoms with Crippen molar-refractivity contribution in [3.05, 3.63) is 102 Å². The maximum absolute atomic E-state index is 13.8. The lowest BCUT2D eigenvalue weighted by Gasteiger charge is -2.07. The molecule has 1 heterocycles. The van der Waals surface area contributed by atoms with E-state index in [1.807, 2.05) is 53.4 Å². The van der Waals surface area contributed by atoms with Crippen molar-refractivity contribution in [1.29, 1.82) is 0 Å². The highest BCUT2D eigenvalue weighted by Crippen LogP contribution is 2.22. The van der Waals surface area contributed by atoms with Crippen LogP contribution in [-0.4, -0.2) is 13.0 Å². The average Bonchev–Trinajstić information content (AvgIpc) is 2.76. The Kier molecular flexibility index (Phi) is 5.20. The van der Waals surface area contributed by atoms with Crippen LogP contribution in [0, 0.1) is 5.82 Å². The predicted octanol–water partition coefficient (Wildman–Crippen LogP) is 4.58.